The van der Waals surface area contributed by atoms with Gasteiger partial charge in [0.2, 0.25) is 17.6 Å². The van der Waals surface area contributed by atoms with Gasteiger partial charge >= 0.3 is 0 Å². The number of aryl methyl sites for hydroxylation is 1. The molecule has 0 unspecified atom stereocenters. The average Bonchev–Trinajstić information content (AvgIpc) is 3.47. The molecule has 0 aliphatic rings. The largest absolute Gasteiger partial charge is 0.461 e. The third-order valence-electron chi connectivity index (χ3n) is 4.26. The van der Waals surface area contributed by atoms with Gasteiger partial charge in [0.15, 0.2) is 5.76 Å². The van der Waals surface area contributed by atoms with E-state index < -0.39 is 0 Å². The maximum Gasteiger partial charge on any atom is 0.238 e. The molecule has 8 nitrogen and oxygen atoms in total. The molecule has 0 spiro atoms. The molecular weight excluding hydrogens is 358 g/mol. The van der Waals surface area contributed by atoms with Crippen LogP contribution in [0, 0.1) is 0 Å². The van der Waals surface area contributed by atoms with Crippen molar-refractivity contribution in [2.75, 3.05) is 7.05 Å². The van der Waals surface area contributed by atoms with Crippen LogP contribution in [0.5, 0.6) is 0 Å². The Morgan fingerprint density at radius 2 is 2.04 bits per heavy atom. The van der Waals surface area contributed by atoms with E-state index in [9.17, 15) is 4.79 Å². The number of carbonyl (C=O) groups is 1. The molecule has 0 fully saturated rings. The number of hydrogen-bond acceptors (Lipinski definition) is 6. The molecule has 28 heavy (non-hydrogen) atoms. The van der Waals surface area contributed by atoms with Crippen molar-refractivity contribution in [1.29, 1.82) is 0 Å². The molecule has 1 amide bonds. The molecular formula is C20H19N5O3. The van der Waals surface area contributed by atoms with Gasteiger partial charge in [-0.15, -0.1) is 0 Å². The number of nitrogens with zero attached hydrogens (tertiary/aromatic N) is 5. The third-order valence-corrected chi connectivity index (χ3v) is 4.26. The minimum Gasteiger partial charge on any atom is -0.461 e. The number of furan rings is 1. The third kappa shape index (κ3) is 4.01. The van der Waals surface area contributed by atoms with Crippen LogP contribution in [0.4, 0.5) is 0 Å². The lowest BCUT2D eigenvalue weighted by atomic mass is 10.2. The van der Waals surface area contributed by atoms with Crippen molar-refractivity contribution in [3.05, 3.63) is 72.6 Å². The van der Waals surface area contributed by atoms with E-state index in [1.807, 2.05) is 36.5 Å². The zero-order valence-corrected chi connectivity index (χ0v) is 15.4. The summed E-state index contributed by atoms with van der Waals surface area (Å²) in [5.74, 6) is 1.32. The number of para-hydroxylation sites is 1. The molecule has 3 heterocycles. The highest BCUT2D eigenvalue weighted by atomic mass is 16.5. The minimum atomic E-state index is -0.00907. The van der Waals surface area contributed by atoms with Gasteiger partial charge in [-0.25, -0.2) is 4.68 Å². The highest BCUT2D eigenvalue weighted by Gasteiger charge is 2.15. The number of hydrogen-bond donors (Lipinski definition) is 0. The van der Waals surface area contributed by atoms with Crippen LogP contribution in [0.15, 0.2) is 70.1 Å². The van der Waals surface area contributed by atoms with Gasteiger partial charge in [0.25, 0.3) is 0 Å². The fraction of sp³-hybridized carbons (Fsp3) is 0.200. The highest BCUT2D eigenvalue weighted by molar-refractivity contribution is 5.76. The number of benzene rings is 1. The predicted molar refractivity (Wildman–Crippen MR) is 100 cm³/mol. The number of carbonyl (C=O) groups excluding carboxylic acids is 1. The molecule has 0 saturated carbocycles. The van der Waals surface area contributed by atoms with E-state index in [0.717, 1.165) is 11.3 Å². The van der Waals surface area contributed by atoms with Crippen LogP contribution in [0.25, 0.3) is 17.3 Å². The van der Waals surface area contributed by atoms with Gasteiger partial charge in [-0.05, 0) is 24.3 Å². The fourth-order valence-electron chi connectivity index (χ4n) is 2.79. The number of amides is 1. The van der Waals surface area contributed by atoms with Crippen LogP contribution in [0.3, 0.4) is 0 Å². The number of aromatic nitrogens is 4. The lowest BCUT2D eigenvalue weighted by molar-refractivity contribution is -0.130. The van der Waals surface area contributed by atoms with Crippen molar-refractivity contribution in [3.8, 4) is 17.3 Å². The Morgan fingerprint density at radius 1 is 1.18 bits per heavy atom. The molecule has 3 aromatic heterocycles. The molecule has 4 rings (SSSR count). The Morgan fingerprint density at radius 3 is 2.82 bits per heavy atom. The molecule has 0 N–H and O–H groups in total. The van der Waals surface area contributed by atoms with Gasteiger partial charge in [-0.1, -0.05) is 23.4 Å². The molecule has 0 bridgehead atoms. The van der Waals surface area contributed by atoms with Crippen LogP contribution in [0.1, 0.15) is 17.9 Å². The van der Waals surface area contributed by atoms with Gasteiger partial charge in [0.1, 0.15) is 0 Å². The second-order valence-electron chi connectivity index (χ2n) is 6.37. The van der Waals surface area contributed by atoms with Crippen LogP contribution in [-0.4, -0.2) is 37.8 Å². The van der Waals surface area contributed by atoms with Crippen LogP contribution >= 0.6 is 0 Å². The normalized spacial score (nSPS) is 10.9. The van der Waals surface area contributed by atoms with Gasteiger partial charge in [-0.3, -0.25) is 4.79 Å². The molecule has 142 valence electrons. The minimum absolute atomic E-state index is 0.00907. The smallest absolute Gasteiger partial charge is 0.238 e. The summed E-state index contributed by atoms with van der Waals surface area (Å²) in [5.41, 5.74) is 1.93. The van der Waals surface area contributed by atoms with E-state index in [0.29, 0.717) is 30.4 Å². The van der Waals surface area contributed by atoms with Crippen molar-refractivity contribution < 1.29 is 13.7 Å². The maximum absolute atomic E-state index is 12.4. The SMILES string of the molecule is CN(Cc1cnn(-c2ccccc2)c1)C(=O)CCc1nc(-c2ccco2)no1. The Balaban J connectivity index is 1.31. The first-order chi connectivity index (χ1) is 13.7. The first-order valence-corrected chi connectivity index (χ1v) is 8.88. The first-order valence-electron chi connectivity index (χ1n) is 8.88. The quantitative estimate of drug-likeness (QED) is 0.492. The summed E-state index contributed by atoms with van der Waals surface area (Å²) in [6.45, 7) is 0.479. The zero-order valence-electron chi connectivity index (χ0n) is 15.4. The summed E-state index contributed by atoms with van der Waals surface area (Å²) >= 11 is 0. The lowest BCUT2D eigenvalue weighted by Gasteiger charge is -2.15. The number of rotatable bonds is 7. The zero-order chi connectivity index (χ0) is 19.3. The van der Waals surface area contributed by atoms with Crippen molar-refractivity contribution in [1.82, 2.24) is 24.8 Å². The summed E-state index contributed by atoms with van der Waals surface area (Å²) in [7, 11) is 1.77. The van der Waals surface area contributed by atoms with Crippen LogP contribution in [0.2, 0.25) is 0 Å². The van der Waals surface area contributed by atoms with Gasteiger partial charge in [-0.2, -0.15) is 10.1 Å². The van der Waals surface area contributed by atoms with Crippen molar-refractivity contribution in [3.63, 3.8) is 0 Å². The summed E-state index contributed by atoms with van der Waals surface area (Å²) < 4.78 is 12.2. The van der Waals surface area contributed by atoms with Crippen molar-refractivity contribution in [2.24, 2.45) is 0 Å². The summed E-state index contributed by atoms with van der Waals surface area (Å²) in [5, 5.41) is 8.22. The maximum atomic E-state index is 12.4. The van der Waals surface area contributed by atoms with Gasteiger partial charge in [0.05, 0.1) is 18.1 Å². The second-order valence-corrected chi connectivity index (χ2v) is 6.37. The predicted octanol–water partition coefficient (Wildman–Crippen LogP) is 3.11. The Bertz CT molecular complexity index is 1040. The first kappa shape index (κ1) is 17.7. The van der Waals surface area contributed by atoms with Gasteiger partial charge < -0.3 is 13.8 Å². The van der Waals surface area contributed by atoms with E-state index in [1.54, 1.807) is 41.2 Å². The fourth-order valence-corrected chi connectivity index (χ4v) is 2.79. The van der Waals surface area contributed by atoms with E-state index in [1.165, 1.54) is 0 Å². The molecule has 0 saturated heterocycles. The van der Waals surface area contributed by atoms with Crippen LogP contribution < -0.4 is 0 Å². The molecule has 0 atom stereocenters. The second kappa shape index (κ2) is 7.91. The van der Waals surface area contributed by atoms with Crippen LogP contribution in [-0.2, 0) is 17.8 Å². The molecule has 8 heteroatoms. The lowest BCUT2D eigenvalue weighted by Crippen LogP contribution is -2.26. The standard InChI is InChI=1S/C20H19N5O3/c1-24(13-15-12-21-25(14-15)16-6-3-2-4-7-16)19(26)10-9-18-22-20(23-28-18)17-8-5-11-27-17/h2-8,11-12,14H,9-10,13H2,1H3. The average molecular weight is 377 g/mol. The van der Waals surface area contributed by atoms with E-state index in [-0.39, 0.29) is 12.3 Å². The highest BCUT2D eigenvalue weighted by Crippen LogP contribution is 2.16. The summed E-state index contributed by atoms with van der Waals surface area (Å²) in [6, 6.07) is 13.3. The summed E-state index contributed by atoms with van der Waals surface area (Å²) in [4.78, 5) is 18.3. The van der Waals surface area contributed by atoms with Crippen molar-refractivity contribution >= 4 is 5.91 Å². The topological polar surface area (TPSA) is 90.2 Å². The Kier molecular flexibility index (Phi) is 5.01. The van der Waals surface area contributed by atoms with Gasteiger partial charge in [0, 0.05) is 38.2 Å². The molecule has 0 aliphatic heterocycles. The van der Waals surface area contributed by atoms with E-state index >= 15 is 0 Å². The van der Waals surface area contributed by atoms with E-state index in [2.05, 4.69) is 15.2 Å². The monoisotopic (exact) mass is 377 g/mol. The molecule has 1 aromatic carbocycles. The summed E-state index contributed by atoms with van der Waals surface area (Å²) in [6.07, 6.45) is 5.89. The molecule has 0 radical (unpaired) electrons. The molecule has 0 aliphatic carbocycles. The van der Waals surface area contributed by atoms with E-state index in [4.69, 9.17) is 8.94 Å². The van der Waals surface area contributed by atoms with Crippen molar-refractivity contribution in [2.45, 2.75) is 19.4 Å². The molecule has 4 aromatic rings. The Labute approximate surface area is 161 Å². The Hall–Kier alpha value is -3.68.